The van der Waals surface area contributed by atoms with Gasteiger partial charge in [-0.05, 0) is 5.92 Å². The van der Waals surface area contributed by atoms with Crippen molar-refractivity contribution in [1.29, 1.82) is 0 Å². The number of methoxy groups -OCH3 is 1. The molecule has 1 aliphatic rings. The van der Waals surface area contributed by atoms with Crippen molar-refractivity contribution in [1.82, 2.24) is 4.31 Å². The molecule has 0 aromatic rings. The van der Waals surface area contributed by atoms with Gasteiger partial charge in [0, 0.05) is 13.1 Å². The molecule has 0 aromatic carbocycles. The molecule has 2 unspecified atom stereocenters. The highest BCUT2D eigenvalue weighted by molar-refractivity contribution is 7.89. The second-order valence-corrected chi connectivity index (χ2v) is 6.04. The van der Waals surface area contributed by atoms with E-state index in [9.17, 15) is 18.0 Å². The standard InChI is InChI=1S/C9H15NO6S/c1-6-3-10(4-7(6)9(12)13)17(14,15)5-8(11)16-2/h6-7H,3-5H2,1-2H3,(H,12,13). The number of aliphatic carboxylic acids is 1. The third kappa shape index (κ3) is 3.16. The maximum absolute atomic E-state index is 11.7. The molecule has 0 aliphatic carbocycles. The van der Waals surface area contributed by atoms with Crippen molar-refractivity contribution in [2.24, 2.45) is 11.8 Å². The van der Waals surface area contributed by atoms with Gasteiger partial charge in [0.15, 0.2) is 5.75 Å². The maximum atomic E-state index is 11.7. The summed E-state index contributed by atoms with van der Waals surface area (Å²) in [5.74, 6) is -3.60. The molecule has 0 bridgehead atoms. The van der Waals surface area contributed by atoms with E-state index in [0.29, 0.717) is 0 Å². The van der Waals surface area contributed by atoms with E-state index >= 15 is 0 Å². The molecule has 1 fully saturated rings. The number of sulfonamides is 1. The molecule has 0 aromatic heterocycles. The van der Waals surface area contributed by atoms with E-state index in [1.165, 1.54) is 0 Å². The summed E-state index contributed by atoms with van der Waals surface area (Å²) in [6.07, 6.45) is 0. The smallest absolute Gasteiger partial charge is 0.322 e. The summed E-state index contributed by atoms with van der Waals surface area (Å²) in [5, 5.41) is 8.88. The van der Waals surface area contributed by atoms with Gasteiger partial charge in [0.25, 0.3) is 0 Å². The number of nitrogens with zero attached hydrogens (tertiary/aromatic N) is 1. The van der Waals surface area contributed by atoms with Crippen LogP contribution < -0.4 is 0 Å². The zero-order valence-corrected chi connectivity index (χ0v) is 10.4. The molecule has 1 aliphatic heterocycles. The Morgan fingerprint density at radius 2 is 2.00 bits per heavy atom. The van der Waals surface area contributed by atoms with Crippen LogP contribution in [-0.2, 0) is 24.3 Å². The SMILES string of the molecule is COC(=O)CS(=O)(=O)N1CC(C)C(C(=O)O)C1. The van der Waals surface area contributed by atoms with E-state index < -0.39 is 33.6 Å². The fourth-order valence-electron chi connectivity index (χ4n) is 1.77. The van der Waals surface area contributed by atoms with E-state index in [-0.39, 0.29) is 19.0 Å². The maximum Gasteiger partial charge on any atom is 0.322 e. The second kappa shape index (κ2) is 5.01. The number of carbonyl (C=O) groups excluding carboxylic acids is 1. The molecule has 7 nitrogen and oxygen atoms in total. The normalized spacial score (nSPS) is 25.8. The Kier molecular flexibility index (Phi) is 4.10. The minimum atomic E-state index is -3.78. The largest absolute Gasteiger partial charge is 0.481 e. The van der Waals surface area contributed by atoms with Crippen molar-refractivity contribution in [2.45, 2.75) is 6.92 Å². The van der Waals surface area contributed by atoms with Gasteiger partial charge in [0.2, 0.25) is 10.0 Å². The van der Waals surface area contributed by atoms with Gasteiger partial charge in [0.1, 0.15) is 0 Å². The lowest BCUT2D eigenvalue weighted by Gasteiger charge is -2.14. The molecule has 17 heavy (non-hydrogen) atoms. The highest BCUT2D eigenvalue weighted by atomic mass is 32.2. The molecule has 0 amide bonds. The third-order valence-electron chi connectivity index (χ3n) is 2.82. The molecule has 0 saturated carbocycles. The van der Waals surface area contributed by atoms with Gasteiger partial charge in [-0.1, -0.05) is 6.92 Å². The Labute approximate surface area is 99.4 Å². The highest BCUT2D eigenvalue weighted by Gasteiger charge is 2.40. The van der Waals surface area contributed by atoms with Crippen molar-refractivity contribution in [3.63, 3.8) is 0 Å². The third-order valence-corrected chi connectivity index (χ3v) is 4.50. The summed E-state index contributed by atoms with van der Waals surface area (Å²) in [6, 6.07) is 0. The van der Waals surface area contributed by atoms with Crippen molar-refractivity contribution >= 4 is 22.0 Å². The monoisotopic (exact) mass is 265 g/mol. The minimum absolute atomic E-state index is 0.0875. The summed E-state index contributed by atoms with van der Waals surface area (Å²) < 4.78 is 28.8. The van der Waals surface area contributed by atoms with Crippen LogP contribution in [0.4, 0.5) is 0 Å². The van der Waals surface area contributed by atoms with Crippen molar-refractivity contribution in [3.8, 4) is 0 Å². The van der Waals surface area contributed by atoms with Crippen LogP contribution in [0.1, 0.15) is 6.92 Å². The number of carboxylic acids is 1. The van der Waals surface area contributed by atoms with Gasteiger partial charge in [-0.2, -0.15) is 0 Å². The highest BCUT2D eigenvalue weighted by Crippen LogP contribution is 2.25. The fraction of sp³-hybridized carbons (Fsp3) is 0.778. The van der Waals surface area contributed by atoms with Crippen LogP contribution in [-0.4, -0.2) is 55.7 Å². The number of hydrogen-bond acceptors (Lipinski definition) is 5. The molecule has 1 heterocycles. The van der Waals surface area contributed by atoms with Crippen LogP contribution in [0.2, 0.25) is 0 Å². The minimum Gasteiger partial charge on any atom is -0.481 e. The first-order valence-electron chi connectivity index (χ1n) is 5.05. The number of esters is 1. The average Bonchev–Trinajstić information content (AvgIpc) is 2.60. The lowest BCUT2D eigenvalue weighted by atomic mass is 9.99. The first-order valence-corrected chi connectivity index (χ1v) is 6.66. The van der Waals surface area contributed by atoms with Gasteiger partial charge in [-0.15, -0.1) is 0 Å². The van der Waals surface area contributed by atoms with Crippen molar-refractivity contribution in [2.75, 3.05) is 26.0 Å². The van der Waals surface area contributed by atoms with Crippen LogP contribution in [0.3, 0.4) is 0 Å². The average molecular weight is 265 g/mol. The number of ether oxygens (including phenoxy) is 1. The van der Waals surface area contributed by atoms with E-state index in [4.69, 9.17) is 5.11 Å². The van der Waals surface area contributed by atoms with Gasteiger partial charge in [-0.25, -0.2) is 12.7 Å². The Morgan fingerprint density at radius 3 is 2.41 bits per heavy atom. The zero-order chi connectivity index (χ0) is 13.2. The molecule has 2 atom stereocenters. The predicted molar refractivity (Wildman–Crippen MR) is 57.7 cm³/mol. The van der Waals surface area contributed by atoms with Crippen LogP contribution in [0, 0.1) is 11.8 Å². The van der Waals surface area contributed by atoms with Crippen LogP contribution in [0.5, 0.6) is 0 Å². The van der Waals surface area contributed by atoms with Crippen LogP contribution in [0.15, 0.2) is 0 Å². The van der Waals surface area contributed by atoms with Gasteiger partial charge >= 0.3 is 11.9 Å². The van der Waals surface area contributed by atoms with Crippen LogP contribution in [0.25, 0.3) is 0 Å². The Bertz CT molecular complexity index is 417. The lowest BCUT2D eigenvalue weighted by Crippen LogP contribution is -2.34. The number of carbonyl (C=O) groups is 2. The molecule has 98 valence electrons. The molecule has 8 heteroatoms. The van der Waals surface area contributed by atoms with Crippen molar-refractivity contribution in [3.05, 3.63) is 0 Å². The summed E-state index contributed by atoms with van der Waals surface area (Å²) in [7, 11) is -2.67. The number of carboxylic acid groups (broad SMARTS) is 1. The van der Waals surface area contributed by atoms with Gasteiger partial charge in [0.05, 0.1) is 13.0 Å². The topological polar surface area (TPSA) is 101 Å². The quantitative estimate of drug-likeness (QED) is 0.664. The molecule has 0 spiro atoms. The lowest BCUT2D eigenvalue weighted by molar-refractivity contribution is -0.142. The molecule has 1 saturated heterocycles. The van der Waals surface area contributed by atoms with Gasteiger partial charge < -0.3 is 9.84 Å². The summed E-state index contributed by atoms with van der Waals surface area (Å²) >= 11 is 0. The van der Waals surface area contributed by atoms with Crippen LogP contribution >= 0.6 is 0 Å². The number of hydrogen-bond donors (Lipinski definition) is 1. The Balaban J connectivity index is 2.76. The zero-order valence-electron chi connectivity index (χ0n) is 9.62. The molecule has 0 radical (unpaired) electrons. The van der Waals surface area contributed by atoms with E-state index in [1.54, 1.807) is 6.92 Å². The molecule has 1 rings (SSSR count). The summed E-state index contributed by atoms with van der Waals surface area (Å²) in [6.45, 7) is 1.71. The molecular formula is C9H15NO6S. The predicted octanol–water partition coefficient (Wildman–Crippen LogP) is -0.858. The summed E-state index contributed by atoms with van der Waals surface area (Å²) in [5.41, 5.74) is 0. The van der Waals surface area contributed by atoms with Gasteiger partial charge in [-0.3, -0.25) is 9.59 Å². The van der Waals surface area contributed by atoms with E-state index in [2.05, 4.69) is 4.74 Å². The molecular weight excluding hydrogens is 250 g/mol. The first-order chi connectivity index (χ1) is 7.77. The first kappa shape index (κ1) is 13.9. The van der Waals surface area contributed by atoms with E-state index in [1.807, 2.05) is 0 Å². The number of rotatable bonds is 4. The Morgan fingerprint density at radius 1 is 1.41 bits per heavy atom. The van der Waals surface area contributed by atoms with Crippen molar-refractivity contribution < 1.29 is 27.9 Å². The second-order valence-electron chi connectivity index (χ2n) is 4.07. The van der Waals surface area contributed by atoms with E-state index in [0.717, 1.165) is 11.4 Å². The fourth-order valence-corrected chi connectivity index (χ4v) is 3.22. The Hall–Kier alpha value is -1.15. The summed E-state index contributed by atoms with van der Waals surface area (Å²) in [4.78, 5) is 21.8. The molecule has 1 N–H and O–H groups in total.